The second-order valence-electron chi connectivity index (χ2n) is 4.05. The predicted octanol–water partition coefficient (Wildman–Crippen LogP) is 4.68. The van der Waals surface area contributed by atoms with Crippen molar-refractivity contribution in [3.05, 3.63) is 44.8 Å². The molecule has 0 fully saturated rings. The van der Waals surface area contributed by atoms with Crippen LogP contribution in [-0.2, 0) is 0 Å². The van der Waals surface area contributed by atoms with Crippen molar-refractivity contribution in [2.75, 3.05) is 5.32 Å². The molecule has 0 aliphatic rings. The van der Waals surface area contributed by atoms with Crippen LogP contribution in [0.5, 0.6) is 0 Å². The number of hydrogen-bond acceptors (Lipinski definition) is 4. The van der Waals surface area contributed by atoms with Gasteiger partial charge in [-0.2, -0.15) is 0 Å². The number of carbonyl (C=O) groups is 1. The van der Waals surface area contributed by atoms with Crippen molar-refractivity contribution in [1.29, 1.82) is 0 Å². The number of anilines is 1. The third-order valence-corrected chi connectivity index (χ3v) is 5.56. The molecular weight excluding hydrogens is 344 g/mol. The lowest BCUT2D eigenvalue weighted by Gasteiger charge is -2.04. The van der Waals surface area contributed by atoms with Gasteiger partial charge in [0.05, 0.1) is 16.8 Å². The number of aromatic nitrogens is 1. The lowest BCUT2D eigenvalue weighted by Crippen LogP contribution is -2.10. The summed E-state index contributed by atoms with van der Waals surface area (Å²) in [6.45, 7) is 1.94. The normalized spacial score (nSPS) is 10.8. The second kappa shape index (κ2) is 5.03. The van der Waals surface area contributed by atoms with Gasteiger partial charge in [-0.3, -0.25) is 4.79 Å². The van der Waals surface area contributed by atoms with E-state index in [0.717, 1.165) is 24.4 Å². The van der Waals surface area contributed by atoms with Gasteiger partial charge in [-0.15, -0.1) is 22.7 Å². The van der Waals surface area contributed by atoms with Crippen LogP contribution in [0, 0.1) is 6.92 Å². The number of amides is 1. The zero-order valence-electron chi connectivity index (χ0n) is 9.94. The van der Waals surface area contributed by atoms with Gasteiger partial charge < -0.3 is 5.32 Å². The molecule has 0 atom stereocenters. The first-order valence-electron chi connectivity index (χ1n) is 5.54. The van der Waals surface area contributed by atoms with Gasteiger partial charge in [-0.1, -0.05) is 0 Å². The topological polar surface area (TPSA) is 42.0 Å². The number of fused-ring (bicyclic) bond motifs is 1. The Morgan fingerprint density at radius 3 is 2.95 bits per heavy atom. The van der Waals surface area contributed by atoms with Crippen LogP contribution in [0.25, 0.3) is 9.40 Å². The Morgan fingerprint density at radius 1 is 1.37 bits per heavy atom. The molecule has 3 rings (SSSR count). The van der Waals surface area contributed by atoms with Crippen LogP contribution in [0.15, 0.2) is 34.4 Å². The van der Waals surface area contributed by atoms with E-state index >= 15 is 0 Å². The third kappa shape index (κ3) is 2.56. The van der Waals surface area contributed by atoms with Crippen LogP contribution >= 0.6 is 38.6 Å². The minimum atomic E-state index is -0.0862. The first-order chi connectivity index (χ1) is 9.13. The second-order valence-corrected chi connectivity index (χ2v) is 6.83. The van der Waals surface area contributed by atoms with Crippen molar-refractivity contribution in [3.63, 3.8) is 0 Å². The van der Waals surface area contributed by atoms with Gasteiger partial charge in [0.15, 0.2) is 0 Å². The minimum absolute atomic E-state index is 0.0862. The average molecular weight is 353 g/mol. The fourth-order valence-corrected chi connectivity index (χ4v) is 3.92. The molecule has 0 aliphatic heterocycles. The van der Waals surface area contributed by atoms with Crippen molar-refractivity contribution in [2.45, 2.75) is 6.92 Å². The van der Waals surface area contributed by atoms with E-state index in [1.165, 1.54) is 11.3 Å². The fraction of sp³-hybridized carbons (Fsp3) is 0.0769. The standard InChI is InChI=1S/C13H9BrN2OS2/c1-7-4-8(6-15-12(7)14)16-13(17)11-5-10-9(19-11)2-3-18-10/h2-6H,1H3,(H,16,17). The summed E-state index contributed by atoms with van der Waals surface area (Å²) < 4.78 is 3.10. The maximum atomic E-state index is 12.1. The van der Waals surface area contributed by atoms with Gasteiger partial charge in [0.1, 0.15) is 4.60 Å². The molecule has 1 N–H and O–H groups in total. The summed E-state index contributed by atoms with van der Waals surface area (Å²) in [6.07, 6.45) is 1.64. The number of rotatable bonds is 2. The number of nitrogens with zero attached hydrogens (tertiary/aromatic N) is 1. The summed E-state index contributed by atoms with van der Waals surface area (Å²) in [5.41, 5.74) is 1.70. The van der Waals surface area contributed by atoms with Crippen molar-refractivity contribution in [3.8, 4) is 0 Å². The summed E-state index contributed by atoms with van der Waals surface area (Å²) in [6, 6.07) is 5.86. The van der Waals surface area contributed by atoms with Crippen molar-refractivity contribution >= 4 is 59.6 Å². The Kier molecular flexibility index (Phi) is 3.38. The summed E-state index contributed by atoms with van der Waals surface area (Å²) in [5, 5.41) is 4.90. The minimum Gasteiger partial charge on any atom is -0.320 e. The molecule has 19 heavy (non-hydrogen) atoms. The summed E-state index contributed by atoms with van der Waals surface area (Å²) in [4.78, 5) is 17.0. The molecular formula is C13H9BrN2OS2. The van der Waals surface area contributed by atoms with Crippen LogP contribution < -0.4 is 5.32 Å². The lowest BCUT2D eigenvalue weighted by atomic mass is 10.3. The molecule has 0 bridgehead atoms. The quantitative estimate of drug-likeness (QED) is 0.680. The molecule has 0 spiro atoms. The van der Waals surface area contributed by atoms with E-state index in [9.17, 15) is 4.79 Å². The van der Waals surface area contributed by atoms with Crippen LogP contribution in [-0.4, -0.2) is 10.9 Å². The van der Waals surface area contributed by atoms with Crippen LogP contribution in [0.3, 0.4) is 0 Å². The SMILES string of the molecule is Cc1cc(NC(=O)c2cc3sccc3s2)cnc1Br. The predicted molar refractivity (Wildman–Crippen MR) is 84.3 cm³/mol. The van der Waals surface area contributed by atoms with Crippen LogP contribution in [0.2, 0.25) is 0 Å². The molecule has 6 heteroatoms. The Labute approximate surface area is 126 Å². The molecule has 0 aliphatic carbocycles. The number of halogens is 1. The zero-order valence-corrected chi connectivity index (χ0v) is 13.2. The van der Waals surface area contributed by atoms with E-state index in [1.54, 1.807) is 17.5 Å². The van der Waals surface area contributed by atoms with Gasteiger partial charge >= 0.3 is 0 Å². The average Bonchev–Trinajstić information content (AvgIpc) is 2.94. The molecule has 3 nitrogen and oxygen atoms in total. The molecule has 0 unspecified atom stereocenters. The molecule has 0 saturated carbocycles. The molecule has 0 aromatic carbocycles. The smallest absolute Gasteiger partial charge is 0.265 e. The van der Waals surface area contributed by atoms with Gasteiger partial charge in [0.25, 0.3) is 5.91 Å². The molecule has 1 amide bonds. The Bertz CT molecular complexity index is 734. The monoisotopic (exact) mass is 352 g/mol. The Morgan fingerprint density at radius 2 is 2.21 bits per heavy atom. The Hall–Kier alpha value is -1.24. The number of carbonyl (C=O) groups excluding carboxylic acids is 1. The third-order valence-electron chi connectivity index (χ3n) is 2.64. The zero-order chi connectivity index (χ0) is 13.4. The van der Waals surface area contributed by atoms with E-state index in [0.29, 0.717) is 5.69 Å². The Balaban J connectivity index is 1.84. The van der Waals surface area contributed by atoms with E-state index in [1.807, 2.05) is 30.5 Å². The molecule has 3 heterocycles. The van der Waals surface area contributed by atoms with Crippen molar-refractivity contribution < 1.29 is 4.79 Å². The highest BCUT2D eigenvalue weighted by Gasteiger charge is 2.11. The highest BCUT2D eigenvalue weighted by Crippen LogP contribution is 2.30. The summed E-state index contributed by atoms with van der Waals surface area (Å²) >= 11 is 6.49. The van der Waals surface area contributed by atoms with Crippen LogP contribution in [0.1, 0.15) is 15.2 Å². The number of thiophene rings is 2. The van der Waals surface area contributed by atoms with E-state index < -0.39 is 0 Å². The van der Waals surface area contributed by atoms with E-state index in [2.05, 4.69) is 26.2 Å². The van der Waals surface area contributed by atoms with Gasteiger partial charge in [-0.05, 0) is 52.0 Å². The van der Waals surface area contributed by atoms with Gasteiger partial charge in [0, 0.05) is 9.40 Å². The van der Waals surface area contributed by atoms with Crippen molar-refractivity contribution in [2.24, 2.45) is 0 Å². The fourth-order valence-electron chi connectivity index (χ4n) is 1.70. The highest BCUT2D eigenvalue weighted by molar-refractivity contribution is 9.10. The van der Waals surface area contributed by atoms with E-state index in [-0.39, 0.29) is 5.91 Å². The first-order valence-corrected chi connectivity index (χ1v) is 8.03. The highest BCUT2D eigenvalue weighted by atomic mass is 79.9. The van der Waals surface area contributed by atoms with Crippen LogP contribution in [0.4, 0.5) is 5.69 Å². The van der Waals surface area contributed by atoms with Gasteiger partial charge in [-0.25, -0.2) is 4.98 Å². The molecule has 0 radical (unpaired) electrons. The molecule has 3 aromatic heterocycles. The maximum absolute atomic E-state index is 12.1. The molecule has 96 valence electrons. The van der Waals surface area contributed by atoms with Crippen molar-refractivity contribution in [1.82, 2.24) is 4.98 Å². The van der Waals surface area contributed by atoms with E-state index in [4.69, 9.17) is 0 Å². The largest absolute Gasteiger partial charge is 0.320 e. The summed E-state index contributed by atoms with van der Waals surface area (Å²) in [5.74, 6) is -0.0862. The molecule has 3 aromatic rings. The number of aryl methyl sites for hydroxylation is 1. The number of nitrogens with one attached hydrogen (secondary N) is 1. The first kappa shape index (κ1) is 12.8. The maximum Gasteiger partial charge on any atom is 0.265 e. The van der Waals surface area contributed by atoms with Gasteiger partial charge in [0.2, 0.25) is 0 Å². The number of hydrogen-bond donors (Lipinski definition) is 1. The summed E-state index contributed by atoms with van der Waals surface area (Å²) in [7, 11) is 0. The lowest BCUT2D eigenvalue weighted by molar-refractivity contribution is 0.103. The molecule has 0 saturated heterocycles. The number of pyridine rings is 1.